The maximum Gasteiger partial charge on any atom is 0.336 e. The number of hydrogen-bond donors (Lipinski definition) is 0. The van der Waals surface area contributed by atoms with Crippen LogP contribution in [-0.2, 0) is 4.79 Å². The molecular formula is C18H15ClO4. The summed E-state index contributed by atoms with van der Waals surface area (Å²) in [7, 11) is 0. The molecule has 1 aliphatic heterocycles. The van der Waals surface area contributed by atoms with E-state index in [0.717, 1.165) is 12.0 Å². The second-order valence-corrected chi connectivity index (χ2v) is 5.36. The van der Waals surface area contributed by atoms with Gasteiger partial charge in [0.25, 0.3) is 0 Å². The topological polar surface area (TPSA) is 44.8 Å². The van der Waals surface area contributed by atoms with E-state index in [1.165, 1.54) is 6.08 Å². The summed E-state index contributed by atoms with van der Waals surface area (Å²) in [6, 6.07) is 12.4. The average Bonchev–Trinajstić information content (AvgIpc) is 2.80. The Bertz CT molecular complexity index is 725. The van der Waals surface area contributed by atoms with Crippen LogP contribution in [0.3, 0.4) is 0 Å². The number of benzene rings is 2. The lowest BCUT2D eigenvalue weighted by molar-refractivity contribution is -0.128. The molecule has 0 amide bonds. The van der Waals surface area contributed by atoms with Gasteiger partial charge in [-0.1, -0.05) is 29.8 Å². The number of esters is 1. The molecule has 2 aromatic carbocycles. The highest BCUT2D eigenvalue weighted by Crippen LogP contribution is 2.38. The number of ether oxygens (including phenoxy) is 3. The lowest BCUT2D eigenvalue weighted by atomic mass is 10.2. The highest BCUT2D eigenvalue weighted by Gasteiger charge is 2.15. The first-order valence-corrected chi connectivity index (χ1v) is 7.64. The van der Waals surface area contributed by atoms with E-state index >= 15 is 0 Å². The van der Waals surface area contributed by atoms with Gasteiger partial charge in [0.1, 0.15) is 5.75 Å². The Balaban J connectivity index is 1.73. The Morgan fingerprint density at radius 3 is 2.74 bits per heavy atom. The molecule has 0 spiro atoms. The third-order valence-corrected chi connectivity index (χ3v) is 3.48. The summed E-state index contributed by atoms with van der Waals surface area (Å²) < 4.78 is 16.4. The van der Waals surface area contributed by atoms with E-state index in [4.69, 9.17) is 25.8 Å². The third-order valence-electron chi connectivity index (χ3n) is 3.20. The first-order valence-electron chi connectivity index (χ1n) is 7.26. The van der Waals surface area contributed by atoms with E-state index in [9.17, 15) is 4.79 Å². The summed E-state index contributed by atoms with van der Waals surface area (Å²) in [6.07, 6.45) is 3.79. The molecule has 1 heterocycles. The molecule has 23 heavy (non-hydrogen) atoms. The van der Waals surface area contributed by atoms with Crippen LogP contribution in [0, 0.1) is 0 Å². The number of para-hydroxylation sites is 1. The summed E-state index contributed by atoms with van der Waals surface area (Å²) in [5.41, 5.74) is 0.740. The van der Waals surface area contributed by atoms with Crippen molar-refractivity contribution in [3.63, 3.8) is 0 Å². The van der Waals surface area contributed by atoms with Crippen molar-refractivity contribution in [1.29, 1.82) is 0 Å². The first-order chi connectivity index (χ1) is 11.2. The van der Waals surface area contributed by atoms with Gasteiger partial charge in [0.05, 0.1) is 18.2 Å². The van der Waals surface area contributed by atoms with Crippen molar-refractivity contribution in [2.45, 2.75) is 6.42 Å². The zero-order chi connectivity index (χ0) is 16.1. The van der Waals surface area contributed by atoms with Crippen molar-refractivity contribution in [3.8, 4) is 17.2 Å². The summed E-state index contributed by atoms with van der Waals surface area (Å²) in [6.45, 7) is 1.15. The average molecular weight is 331 g/mol. The van der Waals surface area contributed by atoms with Gasteiger partial charge in [-0.05, 0) is 35.9 Å². The van der Waals surface area contributed by atoms with Crippen molar-refractivity contribution in [1.82, 2.24) is 0 Å². The van der Waals surface area contributed by atoms with Crippen LogP contribution in [-0.4, -0.2) is 19.2 Å². The minimum absolute atomic E-state index is 0.459. The Labute approximate surface area is 139 Å². The van der Waals surface area contributed by atoms with E-state index in [1.807, 2.05) is 6.07 Å². The Morgan fingerprint density at radius 2 is 1.91 bits per heavy atom. The van der Waals surface area contributed by atoms with Crippen LogP contribution >= 0.6 is 11.6 Å². The van der Waals surface area contributed by atoms with Crippen molar-refractivity contribution >= 4 is 23.6 Å². The summed E-state index contributed by atoms with van der Waals surface area (Å²) in [5, 5.41) is 0.459. The number of halogens is 1. The molecule has 0 fully saturated rings. The highest BCUT2D eigenvalue weighted by atomic mass is 35.5. The molecule has 0 atom stereocenters. The van der Waals surface area contributed by atoms with Gasteiger partial charge < -0.3 is 14.2 Å². The summed E-state index contributed by atoms with van der Waals surface area (Å²) >= 11 is 6.21. The molecular weight excluding hydrogens is 316 g/mol. The molecule has 0 aliphatic carbocycles. The number of carbonyl (C=O) groups excluding carboxylic acids is 1. The molecule has 4 nitrogen and oxygen atoms in total. The largest absolute Gasteiger partial charge is 0.489 e. The molecule has 3 rings (SSSR count). The first kappa shape index (κ1) is 15.4. The van der Waals surface area contributed by atoms with Crippen molar-refractivity contribution in [3.05, 3.63) is 59.1 Å². The maximum atomic E-state index is 11.8. The third kappa shape index (κ3) is 4.05. The minimum atomic E-state index is -0.459. The van der Waals surface area contributed by atoms with Crippen LogP contribution in [0.25, 0.3) is 6.08 Å². The monoisotopic (exact) mass is 330 g/mol. The molecule has 5 heteroatoms. The van der Waals surface area contributed by atoms with E-state index < -0.39 is 5.97 Å². The zero-order valence-corrected chi connectivity index (χ0v) is 13.1. The summed E-state index contributed by atoms with van der Waals surface area (Å²) in [4.78, 5) is 11.8. The van der Waals surface area contributed by atoms with Crippen LogP contribution in [0.4, 0.5) is 0 Å². The number of carbonyl (C=O) groups is 1. The SMILES string of the molecule is O=C(/C=C/c1cc(Cl)c2c(c1)OCCCO2)Oc1ccccc1. The molecule has 0 N–H and O–H groups in total. The molecule has 1 aliphatic rings. The number of hydrogen-bond acceptors (Lipinski definition) is 4. The molecule has 118 valence electrons. The quantitative estimate of drug-likeness (QED) is 0.482. The zero-order valence-electron chi connectivity index (χ0n) is 12.3. The maximum absolute atomic E-state index is 11.8. The molecule has 0 unspecified atom stereocenters. The molecule has 0 aromatic heterocycles. The van der Waals surface area contributed by atoms with Gasteiger partial charge >= 0.3 is 5.97 Å². The summed E-state index contributed by atoms with van der Waals surface area (Å²) in [5.74, 6) is 1.18. The normalized spacial score (nSPS) is 13.6. The van der Waals surface area contributed by atoms with Crippen LogP contribution < -0.4 is 14.2 Å². The fraction of sp³-hybridized carbons (Fsp3) is 0.167. The minimum Gasteiger partial charge on any atom is -0.489 e. The van der Waals surface area contributed by atoms with Crippen molar-refractivity contribution in [2.24, 2.45) is 0 Å². The Hall–Kier alpha value is -2.46. The highest BCUT2D eigenvalue weighted by molar-refractivity contribution is 6.32. The molecule has 2 aromatic rings. The smallest absolute Gasteiger partial charge is 0.336 e. The van der Waals surface area contributed by atoms with Crippen LogP contribution in [0.2, 0.25) is 5.02 Å². The lowest BCUT2D eigenvalue weighted by Crippen LogP contribution is -2.03. The van der Waals surface area contributed by atoms with Gasteiger partial charge in [0.2, 0.25) is 0 Å². The lowest BCUT2D eigenvalue weighted by Gasteiger charge is -2.09. The van der Waals surface area contributed by atoms with E-state index in [2.05, 4.69) is 0 Å². The fourth-order valence-corrected chi connectivity index (χ4v) is 2.42. The predicted octanol–water partition coefficient (Wildman–Crippen LogP) is 4.12. The van der Waals surface area contributed by atoms with Gasteiger partial charge in [0, 0.05) is 12.5 Å². The molecule has 0 saturated carbocycles. The van der Waals surface area contributed by atoms with E-state index in [0.29, 0.717) is 35.5 Å². The Morgan fingerprint density at radius 1 is 1.13 bits per heavy atom. The van der Waals surface area contributed by atoms with E-state index in [-0.39, 0.29) is 0 Å². The second-order valence-electron chi connectivity index (χ2n) is 4.95. The molecule has 0 bridgehead atoms. The standard InChI is InChI=1S/C18H15ClO4/c19-15-11-13(12-16-18(15)22-10-4-9-21-16)7-8-17(20)23-14-5-2-1-3-6-14/h1-3,5-8,11-12H,4,9-10H2/b8-7+. The van der Waals surface area contributed by atoms with Crippen molar-refractivity contribution < 1.29 is 19.0 Å². The predicted molar refractivity (Wildman–Crippen MR) is 88.2 cm³/mol. The Kier molecular flexibility index (Phi) is 4.83. The van der Waals surface area contributed by atoms with Crippen molar-refractivity contribution in [2.75, 3.05) is 13.2 Å². The van der Waals surface area contributed by atoms with E-state index in [1.54, 1.807) is 42.5 Å². The molecule has 0 saturated heterocycles. The number of fused-ring (bicyclic) bond motifs is 1. The van der Waals surface area contributed by atoms with Gasteiger partial charge in [-0.2, -0.15) is 0 Å². The van der Waals surface area contributed by atoms with Crippen LogP contribution in [0.5, 0.6) is 17.2 Å². The second kappa shape index (κ2) is 7.20. The fourth-order valence-electron chi connectivity index (χ4n) is 2.15. The van der Waals surface area contributed by atoms with Gasteiger partial charge in [-0.15, -0.1) is 0 Å². The van der Waals surface area contributed by atoms with Gasteiger partial charge in [0.15, 0.2) is 11.5 Å². The van der Waals surface area contributed by atoms with Gasteiger partial charge in [-0.25, -0.2) is 4.79 Å². The van der Waals surface area contributed by atoms with Gasteiger partial charge in [-0.3, -0.25) is 0 Å². The van der Waals surface area contributed by atoms with Crippen LogP contribution in [0.1, 0.15) is 12.0 Å². The molecule has 0 radical (unpaired) electrons. The number of rotatable bonds is 3. The van der Waals surface area contributed by atoms with Crippen LogP contribution in [0.15, 0.2) is 48.5 Å².